The number of amides is 1. The second kappa shape index (κ2) is 7.07. The highest BCUT2D eigenvalue weighted by molar-refractivity contribution is 5.97. The Morgan fingerprint density at radius 3 is 2.70 bits per heavy atom. The van der Waals surface area contributed by atoms with E-state index in [1.807, 2.05) is 0 Å². The molecule has 2 N–H and O–H groups in total. The number of rotatable bonds is 7. The van der Waals surface area contributed by atoms with Crippen molar-refractivity contribution in [1.29, 1.82) is 0 Å². The van der Waals surface area contributed by atoms with Crippen molar-refractivity contribution < 1.29 is 24.4 Å². The first-order chi connectivity index (χ1) is 9.45. The smallest absolute Gasteiger partial charge is 0.303 e. The Morgan fingerprint density at radius 2 is 2.15 bits per heavy atom. The number of nitro groups is 1. The molecule has 8 nitrogen and oxygen atoms in total. The number of aliphatic carboxylic acids is 1. The van der Waals surface area contributed by atoms with Crippen LogP contribution in [0.25, 0.3) is 0 Å². The summed E-state index contributed by atoms with van der Waals surface area (Å²) in [6.45, 7) is 0.164. The van der Waals surface area contributed by atoms with Crippen LogP contribution in [0.3, 0.4) is 0 Å². The number of nitrogens with one attached hydrogen (secondary N) is 1. The summed E-state index contributed by atoms with van der Waals surface area (Å²) in [5.41, 5.74) is -0.182. The number of carboxylic acids is 1. The van der Waals surface area contributed by atoms with Crippen molar-refractivity contribution in [2.75, 3.05) is 13.7 Å². The number of non-ortho nitro benzene ring substituents is 1. The Labute approximate surface area is 114 Å². The van der Waals surface area contributed by atoms with E-state index in [0.717, 1.165) is 6.07 Å². The van der Waals surface area contributed by atoms with Gasteiger partial charge in [0.1, 0.15) is 5.75 Å². The third-order valence-corrected chi connectivity index (χ3v) is 2.49. The molecule has 108 valence electrons. The van der Waals surface area contributed by atoms with Crippen LogP contribution in [0.1, 0.15) is 23.2 Å². The summed E-state index contributed by atoms with van der Waals surface area (Å²) in [4.78, 5) is 32.3. The van der Waals surface area contributed by atoms with Crippen molar-refractivity contribution in [3.63, 3.8) is 0 Å². The molecule has 0 radical (unpaired) electrons. The maximum atomic E-state index is 11.9. The van der Waals surface area contributed by atoms with Crippen LogP contribution >= 0.6 is 0 Å². The first-order valence-corrected chi connectivity index (χ1v) is 5.78. The highest BCUT2D eigenvalue weighted by Gasteiger charge is 2.17. The fraction of sp³-hybridized carbons (Fsp3) is 0.333. The number of carboxylic acid groups (broad SMARTS) is 1. The molecule has 1 aromatic rings. The summed E-state index contributed by atoms with van der Waals surface area (Å²) < 4.78 is 4.97. The van der Waals surface area contributed by atoms with Crippen LogP contribution in [-0.2, 0) is 4.79 Å². The first-order valence-electron chi connectivity index (χ1n) is 5.78. The average Bonchev–Trinajstić information content (AvgIpc) is 2.42. The first kappa shape index (κ1) is 15.4. The lowest BCUT2D eigenvalue weighted by Gasteiger charge is -2.08. The highest BCUT2D eigenvalue weighted by atomic mass is 16.6. The summed E-state index contributed by atoms with van der Waals surface area (Å²) in [7, 11) is 1.35. The van der Waals surface area contributed by atoms with Gasteiger partial charge in [-0.15, -0.1) is 0 Å². The predicted octanol–water partition coefficient (Wildman–Crippen LogP) is 1.20. The van der Waals surface area contributed by atoms with E-state index in [1.54, 1.807) is 0 Å². The molecule has 0 bridgehead atoms. The summed E-state index contributed by atoms with van der Waals surface area (Å²) in [6.07, 6.45) is 0.213. The van der Waals surface area contributed by atoms with E-state index in [1.165, 1.54) is 19.2 Å². The molecule has 0 unspecified atom stereocenters. The van der Waals surface area contributed by atoms with E-state index in [2.05, 4.69) is 5.32 Å². The Balaban J connectivity index is 2.77. The van der Waals surface area contributed by atoms with Crippen molar-refractivity contribution in [3.05, 3.63) is 33.9 Å². The molecule has 20 heavy (non-hydrogen) atoms. The zero-order valence-corrected chi connectivity index (χ0v) is 10.8. The Kier molecular flexibility index (Phi) is 5.45. The summed E-state index contributed by atoms with van der Waals surface area (Å²) in [5, 5.41) is 21.6. The molecule has 1 amide bonds. The second-order valence-electron chi connectivity index (χ2n) is 3.89. The van der Waals surface area contributed by atoms with Gasteiger partial charge in [0.05, 0.1) is 17.6 Å². The van der Waals surface area contributed by atoms with Gasteiger partial charge in [-0.3, -0.25) is 19.7 Å². The van der Waals surface area contributed by atoms with Crippen LogP contribution in [-0.4, -0.2) is 35.6 Å². The third kappa shape index (κ3) is 4.23. The Hall–Kier alpha value is -2.64. The van der Waals surface area contributed by atoms with Crippen LogP contribution < -0.4 is 10.1 Å². The van der Waals surface area contributed by atoms with E-state index in [4.69, 9.17) is 9.84 Å². The van der Waals surface area contributed by atoms with Crippen molar-refractivity contribution >= 4 is 17.6 Å². The Bertz CT molecular complexity index is 529. The molecule has 0 atom stereocenters. The van der Waals surface area contributed by atoms with Gasteiger partial charge < -0.3 is 15.2 Å². The van der Waals surface area contributed by atoms with Gasteiger partial charge in [-0.2, -0.15) is 0 Å². The normalized spacial score (nSPS) is 9.85. The number of benzene rings is 1. The number of carbonyl (C=O) groups excluding carboxylic acids is 1. The van der Waals surface area contributed by atoms with Gasteiger partial charge in [-0.1, -0.05) is 0 Å². The maximum absolute atomic E-state index is 11.9. The molecule has 8 heteroatoms. The van der Waals surface area contributed by atoms with Crippen molar-refractivity contribution in [2.24, 2.45) is 0 Å². The lowest BCUT2D eigenvalue weighted by molar-refractivity contribution is -0.384. The zero-order chi connectivity index (χ0) is 15.1. The molecule has 0 saturated carbocycles. The molecule has 1 aromatic carbocycles. The fourth-order valence-electron chi connectivity index (χ4n) is 1.52. The average molecular weight is 282 g/mol. The number of carbonyl (C=O) groups is 2. The quantitative estimate of drug-likeness (QED) is 0.440. The molecule has 0 spiro atoms. The van der Waals surface area contributed by atoms with E-state index in [0.29, 0.717) is 0 Å². The maximum Gasteiger partial charge on any atom is 0.303 e. The lowest BCUT2D eigenvalue weighted by Crippen LogP contribution is -2.25. The van der Waals surface area contributed by atoms with E-state index in [9.17, 15) is 19.7 Å². The summed E-state index contributed by atoms with van der Waals surface area (Å²) in [5.74, 6) is -1.28. The SMILES string of the molecule is COc1ccc([N+](=O)[O-])cc1C(=O)NCCCC(=O)O. The molecular formula is C12H14N2O6. The van der Waals surface area contributed by atoms with E-state index >= 15 is 0 Å². The molecule has 0 aliphatic carbocycles. The largest absolute Gasteiger partial charge is 0.496 e. The predicted molar refractivity (Wildman–Crippen MR) is 68.9 cm³/mol. The molecule has 0 saturated heterocycles. The number of methoxy groups -OCH3 is 1. The molecule has 0 heterocycles. The topological polar surface area (TPSA) is 119 Å². The monoisotopic (exact) mass is 282 g/mol. The minimum Gasteiger partial charge on any atom is -0.496 e. The van der Waals surface area contributed by atoms with Crippen molar-refractivity contribution in [2.45, 2.75) is 12.8 Å². The molecule has 0 aliphatic heterocycles. The number of nitrogens with zero attached hydrogens (tertiary/aromatic N) is 1. The minimum absolute atomic E-state index is 0.0389. The van der Waals surface area contributed by atoms with Crippen LogP contribution in [0.4, 0.5) is 5.69 Å². The number of ether oxygens (including phenoxy) is 1. The highest BCUT2D eigenvalue weighted by Crippen LogP contribution is 2.23. The van der Waals surface area contributed by atoms with Crippen LogP contribution in [0.2, 0.25) is 0 Å². The molecular weight excluding hydrogens is 268 g/mol. The van der Waals surface area contributed by atoms with Crippen LogP contribution in [0.5, 0.6) is 5.75 Å². The van der Waals surface area contributed by atoms with Gasteiger partial charge in [-0.25, -0.2) is 0 Å². The third-order valence-electron chi connectivity index (χ3n) is 2.49. The molecule has 1 rings (SSSR count). The van der Waals surface area contributed by atoms with E-state index in [-0.39, 0.29) is 36.4 Å². The second-order valence-corrected chi connectivity index (χ2v) is 3.89. The van der Waals surface area contributed by atoms with Gasteiger partial charge in [-0.05, 0) is 12.5 Å². The van der Waals surface area contributed by atoms with Gasteiger partial charge >= 0.3 is 5.97 Å². The van der Waals surface area contributed by atoms with E-state index < -0.39 is 16.8 Å². The molecule has 0 aliphatic rings. The lowest BCUT2D eigenvalue weighted by atomic mass is 10.1. The van der Waals surface area contributed by atoms with Crippen molar-refractivity contribution in [3.8, 4) is 5.75 Å². The Morgan fingerprint density at radius 1 is 1.45 bits per heavy atom. The van der Waals surface area contributed by atoms with Gasteiger partial charge in [0, 0.05) is 25.1 Å². The summed E-state index contributed by atoms with van der Waals surface area (Å²) >= 11 is 0. The van der Waals surface area contributed by atoms with Crippen LogP contribution in [0, 0.1) is 10.1 Å². The minimum atomic E-state index is -0.952. The van der Waals surface area contributed by atoms with Gasteiger partial charge in [0.2, 0.25) is 0 Å². The number of nitro benzene ring substituents is 1. The molecule has 0 fully saturated rings. The van der Waals surface area contributed by atoms with Gasteiger partial charge in [0.25, 0.3) is 11.6 Å². The summed E-state index contributed by atoms with van der Waals surface area (Å²) in [6, 6.07) is 3.69. The standard InChI is InChI=1S/C12H14N2O6/c1-20-10-5-4-8(14(18)19)7-9(10)12(17)13-6-2-3-11(15)16/h4-5,7H,2-3,6H2,1H3,(H,13,17)(H,15,16). The molecule has 0 aromatic heterocycles. The zero-order valence-electron chi connectivity index (χ0n) is 10.8. The number of hydrogen-bond donors (Lipinski definition) is 2. The number of hydrogen-bond acceptors (Lipinski definition) is 5. The van der Waals surface area contributed by atoms with Crippen molar-refractivity contribution in [1.82, 2.24) is 5.32 Å². The fourth-order valence-corrected chi connectivity index (χ4v) is 1.52. The van der Waals surface area contributed by atoms with Crippen LogP contribution in [0.15, 0.2) is 18.2 Å². The van der Waals surface area contributed by atoms with Gasteiger partial charge in [0.15, 0.2) is 0 Å².